The van der Waals surface area contributed by atoms with Crippen molar-refractivity contribution >= 4 is 14.1 Å². The Bertz CT molecular complexity index is 538. The maximum Gasteiger partial charge on any atom is 4.00 e. The summed E-state index contributed by atoms with van der Waals surface area (Å²) < 4.78 is 0. The van der Waals surface area contributed by atoms with E-state index < -0.39 is 8.07 Å². The van der Waals surface area contributed by atoms with E-state index in [0.29, 0.717) is 5.54 Å². The predicted octanol–water partition coefficient (Wildman–Crippen LogP) is -1.07. The third kappa shape index (κ3) is 4.72. The largest absolute Gasteiger partial charge is 4.00 e. The molecule has 1 aromatic rings. The van der Waals surface area contributed by atoms with Gasteiger partial charge in [-0.3, -0.25) is 12.2 Å². The molecule has 0 spiro atoms. The molecule has 4 rings (SSSR count). The van der Waals surface area contributed by atoms with Gasteiger partial charge in [0.25, 0.3) is 0 Å². The number of hydrogen-bond donors (Lipinski definition) is 0. The Hall–Kier alpha value is -0.0488. The molecule has 0 saturated carbocycles. The van der Waals surface area contributed by atoms with Crippen LogP contribution in [0.25, 0.3) is 6.08 Å². The van der Waals surface area contributed by atoms with Crippen molar-refractivity contribution < 1.29 is 46.5 Å². The molecule has 1 atom stereocenters. The van der Waals surface area contributed by atoms with Gasteiger partial charge in [-0.1, -0.05) is 48.8 Å². The summed E-state index contributed by atoms with van der Waals surface area (Å²) in [6.45, 7) is 2.55. The number of rotatable bonds is 1. The first-order valence-corrected chi connectivity index (χ1v) is 10.2. The van der Waals surface area contributed by atoms with Gasteiger partial charge in [-0.15, -0.1) is 18.1 Å². The van der Waals surface area contributed by atoms with Crippen molar-refractivity contribution in [3.63, 3.8) is 0 Å². The number of allylic oxidation sites excluding steroid dienone is 5. The van der Waals surface area contributed by atoms with Crippen molar-refractivity contribution in [3.05, 3.63) is 65.8 Å². The van der Waals surface area contributed by atoms with Gasteiger partial charge in [-0.25, -0.2) is 18.2 Å². The second kappa shape index (κ2) is 9.95. The van der Waals surface area contributed by atoms with E-state index in [4.69, 9.17) is 0 Å². The summed E-state index contributed by atoms with van der Waals surface area (Å²) in [4.78, 5) is 0. The van der Waals surface area contributed by atoms with Gasteiger partial charge < -0.3 is 24.8 Å². The molecule has 0 amide bonds. The van der Waals surface area contributed by atoms with Gasteiger partial charge >= 0.3 is 21.7 Å². The zero-order chi connectivity index (χ0) is 13.1. The molecule has 0 N–H and O–H groups in total. The van der Waals surface area contributed by atoms with Crippen LogP contribution < -0.4 is 24.8 Å². The minimum Gasteiger partial charge on any atom is -1.00 e. The summed E-state index contributed by atoms with van der Waals surface area (Å²) in [5.41, 5.74) is 3.67. The van der Waals surface area contributed by atoms with Crippen LogP contribution in [0.5, 0.6) is 0 Å². The van der Waals surface area contributed by atoms with E-state index in [-0.39, 0.29) is 46.5 Å². The molecule has 1 unspecified atom stereocenters. The first-order chi connectivity index (χ1) is 9.30. The Morgan fingerprint density at radius 3 is 2.36 bits per heavy atom. The monoisotopic (exact) mass is 382 g/mol. The molecule has 1 aliphatic heterocycles. The molecule has 1 saturated heterocycles. The molecular weight excluding hydrogens is 363 g/mol. The average molecular weight is 383 g/mol. The van der Waals surface area contributed by atoms with Crippen LogP contribution in [0.2, 0.25) is 18.6 Å². The molecule has 0 bridgehead atoms. The quantitative estimate of drug-likeness (QED) is 0.428. The Labute approximate surface area is 162 Å². The third-order valence-corrected chi connectivity index (χ3v) is 9.35. The fourth-order valence-corrected chi connectivity index (χ4v) is 6.65. The van der Waals surface area contributed by atoms with Crippen LogP contribution in [0, 0.1) is 12.2 Å². The molecule has 1 fully saturated rings. The molecule has 0 radical (unpaired) electrons. The van der Waals surface area contributed by atoms with Crippen LogP contribution in [0.15, 0.2) is 42.5 Å². The number of fused-ring (bicyclic) bond motifs is 1. The Morgan fingerprint density at radius 2 is 1.86 bits per heavy atom. The second-order valence-corrected chi connectivity index (χ2v) is 10.8. The molecule has 4 heteroatoms. The molecule has 114 valence electrons. The van der Waals surface area contributed by atoms with Gasteiger partial charge in [0.05, 0.1) is 0 Å². The normalized spacial score (nSPS) is 21.2. The fourth-order valence-electron chi connectivity index (χ4n) is 3.11. The van der Waals surface area contributed by atoms with E-state index in [2.05, 4.69) is 55.1 Å². The fraction of sp³-hybridized carbons (Fsp3) is 0.333. The Morgan fingerprint density at radius 1 is 1.14 bits per heavy atom. The molecular formula is C18H20Cl2SiTi. The summed E-state index contributed by atoms with van der Waals surface area (Å²) in [5, 5.41) is 0. The zero-order valence-corrected chi connectivity index (χ0v) is 16.9. The number of halogens is 2. The van der Waals surface area contributed by atoms with Gasteiger partial charge in [0, 0.05) is 8.07 Å². The summed E-state index contributed by atoms with van der Waals surface area (Å²) in [7, 11) is -0.957. The molecule has 0 aromatic heterocycles. The summed E-state index contributed by atoms with van der Waals surface area (Å²) in [6, 6.07) is 11.8. The van der Waals surface area contributed by atoms with E-state index in [1.54, 1.807) is 5.56 Å². The Kier molecular flexibility index (Phi) is 9.93. The van der Waals surface area contributed by atoms with Crippen molar-refractivity contribution in [1.82, 2.24) is 0 Å². The summed E-state index contributed by atoms with van der Waals surface area (Å²) in [5.74, 6) is 0. The van der Waals surface area contributed by atoms with Gasteiger partial charge in [0.15, 0.2) is 0 Å². The SMILES string of the molecule is C[Si]1(C2[C-]=Cc3ccccc32)CCC1.[C-]1=CC=CC1.[Cl-].[Cl-].[Ti+4]. The van der Waals surface area contributed by atoms with Crippen LogP contribution in [0.1, 0.15) is 29.5 Å². The molecule has 22 heavy (non-hydrogen) atoms. The van der Waals surface area contributed by atoms with Crippen LogP contribution >= 0.6 is 0 Å². The van der Waals surface area contributed by atoms with Gasteiger partial charge in [-0.05, 0) is 0 Å². The Balaban J connectivity index is 0.000000482. The van der Waals surface area contributed by atoms with E-state index in [9.17, 15) is 0 Å². The van der Waals surface area contributed by atoms with Crippen molar-refractivity contribution in [1.29, 1.82) is 0 Å². The first kappa shape index (κ1) is 22.0. The first-order valence-electron chi connectivity index (χ1n) is 7.19. The van der Waals surface area contributed by atoms with Crippen LogP contribution in [0.4, 0.5) is 0 Å². The molecule has 2 aliphatic carbocycles. The number of hydrogen-bond acceptors (Lipinski definition) is 0. The molecule has 3 aliphatic rings. The minimum atomic E-state index is -0.957. The molecule has 0 nitrogen and oxygen atoms in total. The van der Waals surface area contributed by atoms with Crippen LogP contribution in [-0.2, 0) is 21.7 Å². The van der Waals surface area contributed by atoms with E-state index in [1.807, 2.05) is 12.2 Å². The summed E-state index contributed by atoms with van der Waals surface area (Å²) in [6.07, 6.45) is 17.3. The molecule has 1 heterocycles. The van der Waals surface area contributed by atoms with Crippen molar-refractivity contribution in [2.75, 3.05) is 0 Å². The van der Waals surface area contributed by atoms with Crippen molar-refractivity contribution in [2.45, 2.75) is 37.0 Å². The van der Waals surface area contributed by atoms with Gasteiger partial charge in [0.1, 0.15) is 0 Å². The molecule has 1 aromatic carbocycles. The zero-order valence-electron chi connectivity index (χ0n) is 12.8. The standard InChI is InChI=1S/C13H15Si.C5H5.2ClH.Ti/c1-14(9-4-10-14)13-8-7-11-5-2-3-6-12(11)13;1-2-4-5-3-1;;;/h2-3,5-7,13H,4,9-10H2,1H3;1-3H,4H2;2*1H;/q2*-1;;;+4/p-2. The maximum absolute atomic E-state index is 3.60. The third-order valence-electron chi connectivity index (χ3n) is 4.49. The van der Waals surface area contributed by atoms with E-state index in [1.165, 1.54) is 24.1 Å². The smallest absolute Gasteiger partial charge is 1.00 e. The number of benzene rings is 1. The van der Waals surface area contributed by atoms with Crippen molar-refractivity contribution in [3.8, 4) is 0 Å². The van der Waals surface area contributed by atoms with Crippen LogP contribution in [-0.4, -0.2) is 8.07 Å². The second-order valence-electron chi connectivity index (χ2n) is 5.88. The van der Waals surface area contributed by atoms with Gasteiger partial charge in [0.2, 0.25) is 0 Å². The van der Waals surface area contributed by atoms with E-state index >= 15 is 0 Å². The van der Waals surface area contributed by atoms with Crippen LogP contribution in [0.3, 0.4) is 0 Å². The minimum absolute atomic E-state index is 0. The van der Waals surface area contributed by atoms with Crippen molar-refractivity contribution in [2.24, 2.45) is 0 Å². The summed E-state index contributed by atoms with van der Waals surface area (Å²) >= 11 is 0. The van der Waals surface area contributed by atoms with E-state index in [0.717, 1.165) is 6.42 Å². The van der Waals surface area contributed by atoms with Gasteiger partial charge in [-0.2, -0.15) is 11.6 Å². The maximum atomic E-state index is 3.60. The predicted molar refractivity (Wildman–Crippen MR) is 84.3 cm³/mol. The topological polar surface area (TPSA) is 0 Å². The average Bonchev–Trinajstić information content (AvgIpc) is 3.08.